The van der Waals surface area contributed by atoms with Gasteiger partial charge in [0, 0.05) is 10.0 Å². The smallest absolute Gasteiger partial charge is 0.120 e. The van der Waals surface area contributed by atoms with E-state index in [1.807, 2.05) is 44.2 Å². The van der Waals surface area contributed by atoms with Crippen molar-refractivity contribution in [2.75, 3.05) is 0 Å². The molecule has 2 aromatic rings. The van der Waals surface area contributed by atoms with Crippen LogP contribution in [0.1, 0.15) is 22.3 Å². The van der Waals surface area contributed by atoms with E-state index in [0.29, 0.717) is 12.2 Å². The van der Waals surface area contributed by atoms with Gasteiger partial charge in [-0.05, 0) is 43.2 Å². The Morgan fingerprint density at radius 2 is 1.79 bits per heavy atom. The van der Waals surface area contributed by atoms with Crippen LogP contribution < -0.4 is 4.74 Å². The van der Waals surface area contributed by atoms with Gasteiger partial charge in [0.25, 0.3) is 0 Å². The maximum atomic E-state index is 9.03. The lowest BCUT2D eigenvalue weighted by Crippen LogP contribution is -1.99. The summed E-state index contributed by atoms with van der Waals surface area (Å²) in [6.45, 7) is 4.48. The van der Waals surface area contributed by atoms with Gasteiger partial charge in [-0.1, -0.05) is 34.1 Å². The van der Waals surface area contributed by atoms with Crippen molar-refractivity contribution in [2.45, 2.75) is 20.5 Å². The van der Waals surface area contributed by atoms with Crippen LogP contribution in [0, 0.1) is 25.2 Å². The summed E-state index contributed by atoms with van der Waals surface area (Å²) in [5, 5.41) is 9.03. The van der Waals surface area contributed by atoms with Gasteiger partial charge >= 0.3 is 0 Å². The first-order valence-corrected chi connectivity index (χ1v) is 6.78. The summed E-state index contributed by atoms with van der Waals surface area (Å²) in [6.07, 6.45) is 0. The van der Waals surface area contributed by atoms with Crippen LogP contribution in [-0.4, -0.2) is 0 Å². The van der Waals surface area contributed by atoms with E-state index in [-0.39, 0.29) is 0 Å². The number of aryl methyl sites for hydroxylation is 2. The molecule has 0 atom stereocenters. The third-order valence-electron chi connectivity index (χ3n) is 2.94. The van der Waals surface area contributed by atoms with Crippen molar-refractivity contribution in [1.82, 2.24) is 0 Å². The van der Waals surface area contributed by atoms with E-state index in [0.717, 1.165) is 26.9 Å². The number of halogens is 1. The van der Waals surface area contributed by atoms with Crippen molar-refractivity contribution >= 4 is 15.9 Å². The largest absolute Gasteiger partial charge is 0.489 e. The molecule has 3 heteroatoms. The lowest BCUT2D eigenvalue weighted by atomic mass is 10.1. The highest BCUT2D eigenvalue weighted by molar-refractivity contribution is 9.10. The number of benzene rings is 2. The molecule has 0 aromatic heterocycles. The van der Waals surface area contributed by atoms with E-state index < -0.39 is 0 Å². The molecule has 0 fully saturated rings. The van der Waals surface area contributed by atoms with Crippen LogP contribution in [0.25, 0.3) is 0 Å². The number of nitriles is 1. The minimum absolute atomic E-state index is 0.407. The van der Waals surface area contributed by atoms with E-state index in [4.69, 9.17) is 10.00 Å². The predicted molar refractivity (Wildman–Crippen MR) is 79.1 cm³/mol. The molecule has 0 spiro atoms. The SMILES string of the molecule is Cc1cc(OCc2ccccc2C#N)cc(C)c1Br. The Hall–Kier alpha value is -1.79. The van der Waals surface area contributed by atoms with Gasteiger partial charge in [-0.2, -0.15) is 5.26 Å². The molecule has 0 unspecified atom stereocenters. The molecule has 96 valence electrons. The van der Waals surface area contributed by atoms with Crippen molar-refractivity contribution in [1.29, 1.82) is 5.26 Å². The molecule has 0 bridgehead atoms. The van der Waals surface area contributed by atoms with E-state index in [1.165, 1.54) is 0 Å². The second kappa shape index (κ2) is 5.90. The molecule has 0 aliphatic heterocycles. The third-order valence-corrected chi connectivity index (χ3v) is 4.19. The normalized spacial score (nSPS) is 10.0. The summed E-state index contributed by atoms with van der Waals surface area (Å²) in [5.41, 5.74) is 3.85. The number of hydrogen-bond acceptors (Lipinski definition) is 2. The fraction of sp³-hybridized carbons (Fsp3) is 0.188. The zero-order valence-electron chi connectivity index (χ0n) is 10.9. The van der Waals surface area contributed by atoms with Crippen LogP contribution in [0.3, 0.4) is 0 Å². The quantitative estimate of drug-likeness (QED) is 0.834. The first-order chi connectivity index (χ1) is 9.11. The van der Waals surface area contributed by atoms with E-state index in [1.54, 1.807) is 6.07 Å². The van der Waals surface area contributed by atoms with Crippen LogP contribution in [0.5, 0.6) is 5.75 Å². The molecule has 0 heterocycles. The average Bonchev–Trinajstić information content (AvgIpc) is 2.42. The molecule has 19 heavy (non-hydrogen) atoms. The average molecular weight is 316 g/mol. The summed E-state index contributed by atoms with van der Waals surface area (Å²) in [5.74, 6) is 0.825. The summed E-state index contributed by atoms with van der Waals surface area (Å²) < 4.78 is 6.89. The van der Waals surface area contributed by atoms with Crippen LogP contribution >= 0.6 is 15.9 Å². The fourth-order valence-electron chi connectivity index (χ4n) is 1.91. The molecule has 2 aromatic carbocycles. The maximum Gasteiger partial charge on any atom is 0.120 e. The Balaban J connectivity index is 2.17. The van der Waals surface area contributed by atoms with Gasteiger partial charge in [-0.3, -0.25) is 0 Å². The molecule has 0 aliphatic rings. The minimum atomic E-state index is 0.407. The standard InChI is InChI=1S/C16H14BrNO/c1-11-7-15(8-12(2)16(11)17)19-10-14-6-4-3-5-13(14)9-18/h3-8H,10H2,1-2H3. The number of hydrogen-bond donors (Lipinski definition) is 0. The summed E-state index contributed by atoms with van der Waals surface area (Å²) in [7, 11) is 0. The summed E-state index contributed by atoms with van der Waals surface area (Å²) in [6, 6.07) is 13.6. The third kappa shape index (κ3) is 3.15. The van der Waals surface area contributed by atoms with Crippen molar-refractivity contribution in [3.63, 3.8) is 0 Å². The van der Waals surface area contributed by atoms with Crippen molar-refractivity contribution in [3.05, 3.63) is 63.1 Å². The van der Waals surface area contributed by atoms with Crippen LogP contribution in [0.4, 0.5) is 0 Å². The molecular weight excluding hydrogens is 302 g/mol. The highest BCUT2D eigenvalue weighted by Gasteiger charge is 2.05. The summed E-state index contributed by atoms with van der Waals surface area (Å²) in [4.78, 5) is 0. The first kappa shape index (κ1) is 13.6. The number of ether oxygens (including phenoxy) is 1. The van der Waals surface area contributed by atoms with Crippen LogP contribution in [0.15, 0.2) is 40.9 Å². The molecular formula is C16H14BrNO. The van der Waals surface area contributed by atoms with E-state index in [9.17, 15) is 0 Å². The zero-order valence-corrected chi connectivity index (χ0v) is 12.5. The minimum Gasteiger partial charge on any atom is -0.489 e. The van der Waals surface area contributed by atoms with Crippen LogP contribution in [0.2, 0.25) is 0 Å². The number of nitrogens with zero attached hydrogens (tertiary/aromatic N) is 1. The molecule has 0 aliphatic carbocycles. The van der Waals surface area contributed by atoms with E-state index in [2.05, 4.69) is 22.0 Å². The Labute approximate surface area is 121 Å². The Morgan fingerprint density at radius 3 is 2.42 bits per heavy atom. The molecule has 0 saturated carbocycles. The van der Waals surface area contributed by atoms with E-state index >= 15 is 0 Å². The molecule has 0 radical (unpaired) electrons. The first-order valence-electron chi connectivity index (χ1n) is 5.99. The predicted octanol–water partition coefficient (Wildman–Crippen LogP) is 4.52. The lowest BCUT2D eigenvalue weighted by molar-refractivity contribution is 0.305. The lowest BCUT2D eigenvalue weighted by Gasteiger charge is -2.11. The zero-order chi connectivity index (χ0) is 13.8. The highest BCUT2D eigenvalue weighted by Crippen LogP contribution is 2.27. The van der Waals surface area contributed by atoms with Crippen molar-refractivity contribution in [3.8, 4) is 11.8 Å². The van der Waals surface area contributed by atoms with Gasteiger partial charge in [0.15, 0.2) is 0 Å². The Bertz CT molecular complexity index is 620. The maximum absolute atomic E-state index is 9.03. The Kier molecular flexibility index (Phi) is 4.24. The molecule has 0 amide bonds. The van der Waals surface area contributed by atoms with Gasteiger partial charge < -0.3 is 4.74 Å². The van der Waals surface area contributed by atoms with Gasteiger partial charge in [-0.15, -0.1) is 0 Å². The van der Waals surface area contributed by atoms with Crippen molar-refractivity contribution in [2.24, 2.45) is 0 Å². The molecule has 2 rings (SSSR count). The van der Waals surface area contributed by atoms with Crippen LogP contribution in [-0.2, 0) is 6.61 Å². The Morgan fingerprint density at radius 1 is 1.16 bits per heavy atom. The van der Waals surface area contributed by atoms with Gasteiger partial charge in [0.1, 0.15) is 12.4 Å². The highest BCUT2D eigenvalue weighted by atomic mass is 79.9. The monoisotopic (exact) mass is 315 g/mol. The fourth-order valence-corrected chi connectivity index (χ4v) is 2.13. The summed E-state index contributed by atoms with van der Waals surface area (Å²) >= 11 is 3.53. The van der Waals surface area contributed by atoms with Gasteiger partial charge in [-0.25, -0.2) is 0 Å². The van der Waals surface area contributed by atoms with Crippen molar-refractivity contribution < 1.29 is 4.74 Å². The second-order valence-corrected chi connectivity index (χ2v) is 5.22. The van der Waals surface area contributed by atoms with Gasteiger partial charge in [0.2, 0.25) is 0 Å². The molecule has 0 saturated heterocycles. The second-order valence-electron chi connectivity index (χ2n) is 4.43. The number of rotatable bonds is 3. The van der Waals surface area contributed by atoms with Gasteiger partial charge in [0.05, 0.1) is 11.6 Å². The molecule has 2 nitrogen and oxygen atoms in total. The molecule has 0 N–H and O–H groups in total. The topological polar surface area (TPSA) is 33.0 Å².